The van der Waals surface area contributed by atoms with Crippen LogP contribution in [0.2, 0.25) is 0 Å². The van der Waals surface area contributed by atoms with Gasteiger partial charge in [-0.15, -0.1) is 0 Å². The summed E-state index contributed by atoms with van der Waals surface area (Å²) in [6.07, 6.45) is 0. The lowest BCUT2D eigenvalue weighted by Crippen LogP contribution is -2.03. The maximum Gasteiger partial charge on any atom is 0.0727 e. The Morgan fingerprint density at radius 3 is 2.30 bits per heavy atom. The van der Waals surface area contributed by atoms with Crippen LogP contribution in [0.1, 0.15) is 22.5 Å². The first-order chi connectivity index (χ1) is 9.63. The molecule has 2 N–H and O–H groups in total. The fraction of sp³-hybridized carbons (Fsp3) is 0.235. The lowest BCUT2D eigenvalue weighted by Gasteiger charge is -2.11. The van der Waals surface area contributed by atoms with Gasteiger partial charge < -0.3 is 5.73 Å². The molecule has 3 heteroatoms. The molecule has 1 aromatic heterocycles. The molecule has 0 saturated carbocycles. The average Bonchev–Trinajstić information content (AvgIpc) is 2.73. The Labute approximate surface area is 119 Å². The van der Waals surface area contributed by atoms with Crippen LogP contribution in [0.5, 0.6) is 0 Å². The van der Waals surface area contributed by atoms with Gasteiger partial charge in [-0.05, 0) is 43.4 Å². The highest BCUT2D eigenvalue weighted by Gasteiger charge is 2.12. The smallest absolute Gasteiger partial charge is 0.0727 e. The molecule has 102 valence electrons. The minimum Gasteiger partial charge on any atom is -0.326 e. The number of aromatic nitrogens is 2. The Morgan fingerprint density at radius 1 is 1.00 bits per heavy atom. The number of nitrogens with two attached hydrogens (primary N) is 1. The molecule has 3 nitrogen and oxygen atoms in total. The standard InChI is InChI=1S/C17H19N3/c1-11-12(2)19-20(13(11)3)17-9-8-14(10-18)15-6-4-5-7-16(15)17/h4-9H,10,18H2,1-3H3. The fourth-order valence-corrected chi connectivity index (χ4v) is 2.66. The molecule has 0 atom stereocenters. The number of fused-ring (bicyclic) bond motifs is 1. The van der Waals surface area contributed by atoms with Gasteiger partial charge in [-0.25, -0.2) is 4.68 Å². The van der Waals surface area contributed by atoms with Crippen molar-refractivity contribution in [3.8, 4) is 5.69 Å². The van der Waals surface area contributed by atoms with Crippen LogP contribution in [0.15, 0.2) is 36.4 Å². The molecule has 2 aromatic carbocycles. The van der Waals surface area contributed by atoms with Gasteiger partial charge in [-0.3, -0.25) is 0 Å². The van der Waals surface area contributed by atoms with Crippen molar-refractivity contribution in [1.82, 2.24) is 9.78 Å². The second-order valence-electron chi connectivity index (χ2n) is 5.20. The van der Waals surface area contributed by atoms with Crippen molar-refractivity contribution in [2.24, 2.45) is 5.73 Å². The van der Waals surface area contributed by atoms with Crippen LogP contribution < -0.4 is 5.73 Å². The quantitative estimate of drug-likeness (QED) is 0.771. The van der Waals surface area contributed by atoms with Crippen LogP contribution in [-0.4, -0.2) is 9.78 Å². The topological polar surface area (TPSA) is 43.8 Å². The molecule has 20 heavy (non-hydrogen) atoms. The molecular formula is C17H19N3. The van der Waals surface area contributed by atoms with Gasteiger partial charge in [0.05, 0.1) is 11.4 Å². The Balaban J connectivity index is 2.35. The summed E-state index contributed by atoms with van der Waals surface area (Å²) < 4.78 is 2.04. The van der Waals surface area contributed by atoms with E-state index in [2.05, 4.69) is 62.3 Å². The highest BCUT2D eigenvalue weighted by molar-refractivity contribution is 5.92. The van der Waals surface area contributed by atoms with Crippen LogP contribution in [-0.2, 0) is 6.54 Å². The molecule has 3 rings (SSSR count). The lowest BCUT2D eigenvalue weighted by atomic mass is 10.0. The second-order valence-corrected chi connectivity index (χ2v) is 5.20. The number of hydrogen-bond donors (Lipinski definition) is 1. The van der Waals surface area contributed by atoms with Crippen LogP contribution in [0.25, 0.3) is 16.5 Å². The maximum atomic E-state index is 5.84. The Bertz CT molecular complexity index is 784. The van der Waals surface area contributed by atoms with E-state index in [9.17, 15) is 0 Å². The summed E-state index contributed by atoms with van der Waals surface area (Å²) in [6.45, 7) is 6.83. The van der Waals surface area contributed by atoms with Crippen molar-refractivity contribution in [2.75, 3.05) is 0 Å². The Hall–Kier alpha value is -2.13. The molecule has 0 radical (unpaired) electrons. The van der Waals surface area contributed by atoms with E-state index >= 15 is 0 Å². The van der Waals surface area contributed by atoms with Crippen LogP contribution >= 0.6 is 0 Å². The number of nitrogens with zero attached hydrogens (tertiary/aromatic N) is 2. The second kappa shape index (κ2) is 4.76. The Morgan fingerprint density at radius 2 is 1.70 bits per heavy atom. The summed E-state index contributed by atoms with van der Waals surface area (Å²) in [6, 6.07) is 12.6. The molecule has 0 unspecified atom stereocenters. The maximum absolute atomic E-state index is 5.84. The molecule has 0 bridgehead atoms. The minimum absolute atomic E-state index is 0.553. The number of hydrogen-bond acceptors (Lipinski definition) is 2. The zero-order valence-electron chi connectivity index (χ0n) is 12.1. The van der Waals surface area contributed by atoms with Crippen molar-refractivity contribution >= 4 is 10.8 Å². The van der Waals surface area contributed by atoms with Crippen LogP contribution in [0, 0.1) is 20.8 Å². The van der Waals surface area contributed by atoms with Crippen LogP contribution in [0.4, 0.5) is 0 Å². The van der Waals surface area contributed by atoms with Gasteiger partial charge in [0.2, 0.25) is 0 Å². The first kappa shape index (κ1) is 12.9. The van der Waals surface area contributed by atoms with E-state index in [4.69, 9.17) is 5.73 Å². The summed E-state index contributed by atoms with van der Waals surface area (Å²) in [5, 5.41) is 7.07. The van der Waals surface area contributed by atoms with Crippen LogP contribution in [0.3, 0.4) is 0 Å². The summed E-state index contributed by atoms with van der Waals surface area (Å²) in [5.74, 6) is 0. The van der Waals surface area contributed by atoms with Gasteiger partial charge in [0.1, 0.15) is 0 Å². The van der Waals surface area contributed by atoms with E-state index in [1.165, 1.54) is 27.6 Å². The van der Waals surface area contributed by atoms with Crippen molar-refractivity contribution in [3.05, 3.63) is 58.9 Å². The van der Waals surface area contributed by atoms with Crippen molar-refractivity contribution in [1.29, 1.82) is 0 Å². The number of benzene rings is 2. The molecule has 3 aromatic rings. The minimum atomic E-state index is 0.553. The van der Waals surface area contributed by atoms with E-state index < -0.39 is 0 Å². The lowest BCUT2D eigenvalue weighted by molar-refractivity contribution is 0.838. The number of aryl methyl sites for hydroxylation is 1. The molecule has 0 spiro atoms. The molecule has 0 aliphatic rings. The van der Waals surface area contributed by atoms with Gasteiger partial charge >= 0.3 is 0 Å². The van der Waals surface area contributed by atoms with Crippen molar-refractivity contribution in [2.45, 2.75) is 27.3 Å². The summed E-state index contributed by atoms with van der Waals surface area (Å²) in [4.78, 5) is 0. The monoisotopic (exact) mass is 265 g/mol. The molecule has 0 aliphatic carbocycles. The third kappa shape index (κ3) is 1.82. The van der Waals surface area contributed by atoms with E-state index in [0.29, 0.717) is 6.54 Å². The molecule has 0 amide bonds. The first-order valence-corrected chi connectivity index (χ1v) is 6.87. The average molecular weight is 265 g/mol. The van der Waals surface area contributed by atoms with E-state index in [1.807, 2.05) is 4.68 Å². The van der Waals surface area contributed by atoms with Crippen molar-refractivity contribution in [3.63, 3.8) is 0 Å². The summed E-state index contributed by atoms with van der Waals surface area (Å²) in [5.41, 5.74) is 11.6. The van der Waals surface area contributed by atoms with Gasteiger partial charge in [-0.2, -0.15) is 5.10 Å². The normalized spacial score (nSPS) is 11.2. The van der Waals surface area contributed by atoms with E-state index in [1.54, 1.807) is 0 Å². The molecule has 1 heterocycles. The molecule has 0 aliphatic heterocycles. The highest BCUT2D eigenvalue weighted by Crippen LogP contribution is 2.27. The fourth-order valence-electron chi connectivity index (χ4n) is 2.66. The third-order valence-corrected chi connectivity index (χ3v) is 4.09. The Kier molecular flexibility index (Phi) is 3.07. The van der Waals surface area contributed by atoms with Crippen molar-refractivity contribution < 1.29 is 0 Å². The molecule has 0 saturated heterocycles. The van der Waals surface area contributed by atoms with Gasteiger partial charge in [0.15, 0.2) is 0 Å². The highest BCUT2D eigenvalue weighted by atomic mass is 15.3. The SMILES string of the molecule is Cc1nn(-c2ccc(CN)c3ccccc23)c(C)c1C. The summed E-state index contributed by atoms with van der Waals surface area (Å²) in [7, 11) is 0. The van der Waals surface area contributed by atoms with Gasteiger partial charge in [0, 0.05) is 17.6 Å². The molecular weight excluding hydrogens is 246 g/mol. The van der Waals surface area contributed by atoms with E-state index in [0.717, 1.165) is 11.4 Å². The van der Waals surface area contributed by atoms with E-state index in [-0.39, 0.29) is 0 Å². The van der Waals surface area contributed by atoms with Gasteiger partial charge in [-0.1, -0.05) is 30.3 Å². The largest absolute Gasteiger partial charge is 0.326 e. The predicted molar refractivity (Wildman–Crippen MR) is 83.2 cm³/mol. The zero-order chi connectivity index (χ0) is 14.3. The zero-order valence-corrected chi connectivity index (χ0v) is 12.1. The number of rotatable bonds is 2. The third-order valence-electron chi connectivity index (χ3n) is 4.09. The first-order valence-electron chi connectivity index (χ1n) is 6.87. The predicted octanol–water partition coefficient (Wildman–Crippen LogP) is 3.41. The van der Waals surface area contributed by atoms with Gasteiger partial charge in [0.25, 0.3) is 0 Å². The summed E-state index contributed by atoms with van der Waals surface area (Å²) >= 11 is 0. The molecule has 0 fully saturated rings.